The molecule has 1 aromatic rings. The van der Waals surface area contributed by atoms with Gasteiger partial charge in [-0.15, -0.1) is 0 Å². The van der Waals surface area contributed by atoms with E-state index in [9.17, 15) is 0 Å². The molecule has 1 atom stereocenters. The summed E-state index contributed by atoms with van der Waals surface area (Å²) in [6, 6.07) is 8.43. The monoisotopic (exact) mass is 254 g/mol. The minimum absolute atomic E-state index is 0.378. The third-order valence-corrected chi connectivity index (χ3v) is 3.39. The number of benzene rings is 1. The van der Waals surface area contributed by atoms with Gasteiger partial charge in [-0.05, 0) is 37.7 Å². The Balaban J connectivity index is 2.34. The largest absolute Gasteiger partial charge is 0.309 e. The van der Waals surface area contributed by atoms with Crippen molar-refractivity contribution in [1.29, 1.82) is 0 Å². The first kappa shape index (κ1) is 14.5. The van der Waals surface area contributed by atoms with Gasteiger partial charge in [-0.25, -0.2) is 0 Å². The van der Waals surface area contributed by atoms with Crippen LogP contribution in [-0.2, 0) is 0 Å². The maximum Gasteiger partial charge on any atom is 0.0406 e. The molecule has 0 saturated heterocycles. The van der Waals surface area contributed by atoms with E-state index >= 15 is 0 Å². The lowest BCUT2D eigenvalue weighted by atomic mass is 10.1. The number of likely N-dealkylation sites (N-methyl/N-ethyl adjacent to an activating group) is 1. The van der Waals surface area contributed by atoms with Crippen LogP contribution in [0.15, 0.2) is 24.3 Å². The van der Waals surface area contributed by atoms with Crippen molar-refractivity contribution >= 4 is 11.6 Å². The summed E-state index contributed by atoms with van der Waals surface area (Å²) in [5.74, 6) is 0. The number of rotatable bonds is 7. The molecule has 0 aliphatic heterocycles. The van der Waals surface area contributed by atoms with Crippen LogP contribution in [0, 0.1) is 0 Å². The van der Waals surface area contributed by atoms with E-state index in [1.54, 1.807) is 0 Å². The minimum Gasteiger partial charge on any atom is -0.309 e. The Morgan fingerprint density at radius 3 is 2.29 bits per heavy atom. The average Bonchev–Trinajstić information content (AvgIpc) is 2.35. The number of nitrogens with zero attached hydrogens (tertiary/aromatic N) is 1. The summed E-state index contributed by atoms with van der Waals surface area (Å²) in [5.41, 5.74) is 1.29. The molecule has 1 rings (SSSR count). The molecule has 0 amide bonds. The standard InChI is InChI=1S/C14H23ClN2/c1-4-17(5-2)11-10-16-12(3)13-6-8-14(15)9-7-13/h6-9,12,16H,4-5,10-11H2,1-3H3. The smallest absolute Gasteiger partial charge is 0.0406 e. The predicted octanol–water partition coefficient (Wildman–Crippen LogP) is 3.33. The van der Waals surface area contributed by atoms with Crippen molar-refractivity contribution in [2.75, 3.05) is 26.2 Å². The van der Waals surface area contributed by atoms with Crippen LogP contribution in [0.5, 0.6) is 0 Å². The van der Waals surface area contributed by atoms with Crippen LogP contribution in [0.1, 0.15) is 32.4 Å². The highest BCUT2D eigenvalue weighted by Crippen LogP contribution is 2.15. The van der Waals surface area contributed by atoms with Crippen LogP contribution in [0.2, 0.25) is 5.02 Å². The summed E-state index contributed by atoms with van der Waals surface area (Å²) in [4.78, 5) is 2.42. The van der Waals surface area contributed by atoms with E-state index in [0.717, 1.165) is 31.2 Å². The van der Waals surface area contributed by atoms with Gasteiger partial charge in [0.1, 0.15) is 0 Å². The summed E-state index contributed by atoms with van der Waals surface area (Å²) >= 11 is 5.87. The highest BCUT2D eigenvalue weighted by atomic mass is 35.5. The molecule has 17 heavy (non-hydrogen) atoms. The molecule has 0 saturated carbocycles. The van der Waals surface area contributed by atoms with Crippen molar-refractivity contribution in [2.45, 2.75) is 26.8 Å². The van der Waals surface area contributed by atoms with Crippen molar-refractivity contribution in [3.05, 3.63) is 34.9 Å². The van der Waals surface area contributed by atoms with Crippen LogP contribution < -0.4 is 5.32 Å². The lowest BCUT2D eigenvalue weighted by Gasteiger charge is -2.20. The molecule has 0 fully saturated rings. The van der Waals surface area contributed by atoms with Gasteiger partial charge in [-0.1, -0.05) is 37.6 Å². The number of hydrogen-bond donors (Lipinski definition) is 1. The highest BCUT2D eigenvalue weighted by molar-refractivity contribution is 6.30. The average molecular weight is 255 g/mol. The first-order valence-electron chi connectivity index (χ1n) is 6.38. The molecule has 2 nitrogen and oxygen atoms in total. The van der Waals surface area contributed by atoms with Crippen molar-refractivity contribution in [1.82, 2.24) is 10.2 Å². The van der Waals surface area contributed by atoms with E-state index in [4.69, 9.17) is 11.6 Å². The van der Waals surface area contributed by atoms with E-state index in [1.807, 2.05) is 12.1 Å². The van der Waals surface area contributed by atoms with E-state index in [2.05, 4.69) is 43.1 Å². The second-order valence-electron chi connectivity index (χ2n) is 4.25. The Morgan fingerprint density at radius 2 is 1.76 bits per heavy atom. The zero-order chi connectivity index (χ0) is 12.7. The van der Waals surface area contributed by atoms with Gasteiger partial charge in [0.2, 0.25) is 0 Å². The molecule has 0 aromatic heterocycles. The number of halogens is 1. The summed E-state index contributed by atoms with van der Waals surface area (Å²) in [7, 11) is 0. The van der Waals surface area contributed by atoms with Crippen LogP contribution in [0.3, 0.4) is 0 Å². The molecule has 96 valence electrons. The van der Waals surface area contributed by atoms with Crippen molar-refractivity contribution in [2.24, 2.45) is 0 Å². The van der Waals surface area contributed by atoms with Gasteiger partial charge in [0.25, 0.3) is 0 Å². The second kappa shape index (κ2) is 7.70. The van der Waals surface area contributed by atoms with E-state index < -0.39 is 0 Å². The Labute approximate surface area is 110 Å². The Kier molecular flexibility index (Phi) is 6.56. The molecule has 3 heteroatoms. The predicted molar refractivity (Wildman–Crippen MR) is 75.7 cm³/mol. The maximum atomic E-state index is 5.87. The van der Waals surface area contributed by atoms with Crippen molar-refractivity contribution < 1.29 is 0 Å². The van der Waals surface area contributed by atoms with Crippen LogP contribution in [0.25, 0.3) is 0 Å². The number of nitrogens with one attached hydrogen (secondary N) is 1. The normalized spacial score (nSPS) is 13.0. The van der Waals surface area contributed by atoms with Crippen LogP contribution in [0.4, 0.5) is 0 Å². The highest BCUT2D eigenvalue weighted by Gasteiger charge is 2.05. The molecule has 0 radical (unpaired) electrons. The van der Waals surface area contributed by atoms with Crippen molar-refractivity contribution in [3.63, 3.8) is 0 Å². The third kappa shape index (κ3) is 5.07. The molecular weight excluding hydrogens is 232 g/mol. The van der Waals surface area contributed by atoms with Gasteiger partial charge < -0.3 is 10.2 Å². The summed E-state index contributed by atoms with van der Waals surface area (Å²) < 4.78 is 0. The Morgan fingerprint density at radius 1 is 1.18 bits per heavy atom. The Bertz CT molecular complexity index is 307. The molecule has 1 N–H and O–H groups in total. The van der Waals surface area contributed by atoms with Gasteiger partial charge in [0.15, 0.2) is 0 Å². The molecular formula is C14H23ClN2. The number of hydrogen-bond acceptors (Lipinski definition) is 2. The summed E-state index contributed by atoms with van der Waals surface area (Å²) in [5, 5.41) is 4.33. The first-order chi connectivity index (χ1) is 8.17. The minimum atomic E-state index is 0.378. The molecule has 0 heterocycles. The SMILES string of the molecule is CCN(CC)CCNC(C)c1ccc(Cl)cc1. The lowest BCUT2D eigenvalue weighted by Crippen LogP contribution is -2.32. The molecule has 0 bridgehead atoms. The second-order valence-corrected chi connectivity index (χ2v) is 4.69. The summed E-state index contributed by atoms with van der Waals surface area (Å²) in [6.07, 6.45) is 0. The lowest BCUT2D eigenvalue weighted by molar-refractivity contribution is 0.298. The van der Waals surface area contributed by atoms with Crippen LogP contribution in [-0.4, -0.2) is 31.1 Å². The van der Waals surface area contributed by atoms with Gasteiger partial charge in [0.05, 0.1) is 0 Å². The molecule has 1 unspecified atom stereocenters. The quantitative estimate of drug-likeness (QED) is 0.803. The fraction of sp³-hybridized carbons (Fsp3) is 0.571. The van der Waals surface area contributed by atoms with Crippen molar-refractivity contribution in [3.8, 4) is 0 Å². The van der Waals surface area contributed by atoms with Gasteiger partial charge in [-0.2, -0.15) is 0 Å². The fourth-order valence-corrected chi connectivity index (χ4v) is 1.97. The molecule has 1 aromatic carbocycles. The van der Waals surface area contributed by atoms with E-state index in [0.29, 0.717) is 6.04 Å². The zero-order valence-electron chi connectivity index (χ0n) is 11.0. The van der Waals surface area contributed by atoms with Gasteiger partial charge in [0, 0.05) is 24.2 Å². The zero-order valence-corrected chi connectivity index (χ0v) is 11.8. The van der Waals surface area contributed by atoms with Crippen LogP contribution >= 0.6 is 11.6 Å². The third-order valence-electron chi connectivity index (χ3n) is 3.14. The van der Waals surface area contributed by atoms with E-state index in [-0.39, 0.29) is 0 Å². The fourth-order valence-electron chi connectivity index (χ4n) is 1.85. The van der Waals surface area contributed by atoms with Gasteiger partial charge in [-0.3, -0.25) is 0 Å². The topological polar surface area (TPSA) is 15.3 Å². The maximum absolute atomic E-state index is 5.87. The summed E-state index contributed by atoms with van der Waals surface area (Å²) in [6.45, 7) is 10.9. The molecule has 0 spiro atoms. The molecule has 0 aliphatic rings. The molecule has 0 aliphatic carbocycles. The van der Waals surface area contributed by atoms with Gasteiger partial charge >= 0.3 is 0 Å². The Hall–Kier alpha value is -0.570. The van der Waals surface area contributed by atoms with E-state index in [1.165, 1.54) is 5.56 Å². The first-order valence-corrected chi connectivity index (χ1v) is 6.76.